The smallest absolute Gasteiger partial charge is 0.158 e. The standard InChI is InChI=1S/C15H24N4O/c1-2-6-16-9-12-5-7-17-15(18-12)14-10-19-8-3-4-13(19)11-20-14/h5,7,13-14,16H,2-4,6,8-11H2,1H3. The van der Waals surface area contributed by atoms with Crippen LogP contribution in [0.3, 0.4) is 0 Å². The molecular weight excluding hydrogens is 252 g/mol. The van der Waals surface area contributed by atoms with Gasteiger partial charge in [-0.2, -0.15) is 0 Å². The summed E-state index contributed by atoms with van der Waals surface area (Å²) >= 11 is 0. The topological polar surface area (TPSA) is 50.3 Å². The molecule has 1 aromatic rings. The zero-order valence-electron chi connectivity index (χ0n) is 12.2. The van der Waals surface area contributed by atoms with Gasteiger partial charge < -0.3 is 10.1 Å². The molecular formula is C15H24N4O. The Balaban J connectivity index is 1.63. The quantitative estimate of drug-likeness (QED) is 0.826. The largest absolute Gasteiger partial charge is 0.367 e. The van der Waals surface area contributed by atoms with Gasteiger partial charge in [-0.25, -0.2) is 9.97 Å². The lowest BCUT2D eigenvalue weighted by atomic mass is 10.2. The Morgan fingerprint density at radius 1 is 1.50 bits per heavy atom. The minimum atomic E-state index is 0.0375. The van der Waals surface area contributed by atoms with E-state index in [0.717, 1.165) is 44.2 Å². The van der Waals surface area contributed by atoms with Crippen molar-refractivity contribution in [2.75, 3.05) is 26.2 Å². The fraction of sp³-hybridized carbons (Fsp3) is 0.733. The molecule has 2 fully saturated rings. The van der Waals surface area contributed by atoms with Gasteiger partial charge in [-0.15, -0.1) is 0 Å². The number of morpholine rings is 1. The van der Waals surface area contributed by atoms with Gasteiger partial charge in [0.15, 0.2) is 5.82 Å². The molecule has 2 aliphatic heterocycles. The Hall–Kier alpha value is -1.04. The molecule has 0 bridgehead atoms. The van der Waals surface area contributed by atoms with E-state index in [1.165, 1.54) is 19.4 Å². The first-order chi connectivity index (χ1) is 9.86. The number of ether oxygens (including phenoxy) is 1. The summed E-state index contributed by atoms with van der Waals surface area (Å²) in [5.41, 5.74) is 1.05. The zero-order chi connectivity index (χ0) is 13.8. The van der Waals surface area contributed by atoms with Crippen LogP contribution < -0.4 is 5.32 Å². The fourth-order valence-electron chi connectivity index (χ4n) is 3.03. The van der Waals surface area contributed by atoms with E-state index < -0.39 is 0 Å². The van der Waals surface area contributed by atoms with Crippen LogP contribution in [0, 0.1) is 0 Å². The lowest BCUT2D eigenvalue weighted by Gasteiger charge is -2.34. The summed E-state index contributed by atoms with van der Waals surface area (Å²) in [6, 6.07) is 2.61. The van der Waals surface area contributed by atoms with E-state index >= 15 is 0 Å². The maximum atomic E-state index is 5.97. The van der Waals surface area contributed by atoms with Crippen molar-refractivity contribution < 1.29 is 4.74 Å². The number of hydrogen-bond donors (Lipinski definition) is 1. The first kappa shape index (κ1) is 13.9. The van der Waals surface area contributed by atoms with Crippen LogP contribution in [0.2, 0.25) is 0 Å². The highest BCUT2D eigenvalue weighted by molar-refractivity contribution is 5.05. The highest BCUT2D eigenvalue weighted by Gasteiger charge is 2.33. The second-order valence-corrected chi connectivity index (χ2v) is 5.70. The number of nitrogens with zero attached hydrogens (tertiary/aromatic N) is 3. The molecule has 0 spiro atoms. The normalized spacial score (nSPS) is 26.6. The highest BCUT2D eigenvalue weighted by Crippen LogP contribution is 2.28. The van der Waals surface area contributed by atoms with E-state index in [0.29, 0.717) is 6.04 Å². The van der Waals surface area contributed by atoms with Gasteiger partial charge in [0.05, 0.1) is 12.3 Å². The second kappa shape index (κ2) is 6.61. The molecule has 5 nitrogen and oxygen atoms in total. The maximum absolute atomic E-state index is 5.97. The molecule has 0 amide bonds. The highest BCUT2D eigenvalue weighted by atomic mass is 16.5. The SMILES string of the molecule is CCCNCc1ccnc(C2CN3CCCC3CO2)n1. The number of rotatable bonds is 5. The third-order valence-corrected chi connectivity index (χ3v) is 4.14. The van der Waals surface area contributed by atoms with Crippen LogP contribution in [-0.4, -0.2) is 47.2 Å². The molecule has 2 atom stereocenters. The van der Waals surface area contributed by atoms with Gasteiger partial charge in [0, 0.05) is 25.3 Å². The fourth-order valence-corrected chi connectivity index (χ4v) is 3.03. The summed E-state index contributed by atoms with van der Waals surface area (Å²) in [6.07, 6.45) is 5.59. The molecule has 3 heterocycles. The summed E-state index contributed by atoms with van der Waals surface area (Å²) in [7, 11) is 0. The third-order valence-electron chi connectivity index (χ3n) is 4.14. The Labute approximate surface area is 120 Å². The van der Waals surface area contributed by atoms with E-state index in [1.54, 1.807) is 0 Å². The third kappa shape index (κ3) is 3.16. The van der Waals surface area contributed by atoms with E-state index in [4.69, 9.17) is 4.74 Å². The minimum Gasteiger partial charge on any atom is -0.367 e. The maximum Gasteiger partial charge on any atom is 0.158 e. The summed E-state index contributed by atoms with van der Waals surface area (Å²) in [4.78, 5) is 11.6. The van der Waals surface area contributed by atoms with E-state index in [1.807, 2.05) is 12.3 Å². The number of nitrogens with one attached hydrogen (secondary N) is 1. The van der Waals surface area contributed by atoms with Crippen molar-refractivity contribution in [1.82, 2.24) is 20.2 Å². The van der Waals surface area contributed by atoms with E-state index in [-0.39, 0.29) is 6.10 Å². The summed E-state index contributed by atoms with van der Waals surface area (Å²) in [5.74, 6) is 0.839. The molecule has 3 rings (SSSR count). The van der Waals surface area contributed by atoms with Gasteiger partial charge in [0.2, 0.25) is 0 Å². The van der Waals surface area contributed by atoms with Crippen molar-refractivity contribution in [3.8, 4) is 0 Å². The molecule has 0 aromatic carbocycles. The van der Waals surface area contributed by atoms with Crippen LogP contribution >= 0.6 is 0 Å². The summed E-state index contributed by atoms with van der Waals surface area (Å²) < 4.78 is 5.97. The predicted molar refractivity (Wildman–Crippen MR) is 77.3 cm³/mol. The first-order valence-corrected chi connectivity index (χ1v) is 7.75. The van der Waals surface area contributed by atoms with Crippen LogP contribution in [-0.2, 0) is 11.3 Å². The van der Waals surface area contributed by atoms with Crippen molar-refractivity contribution in [3.05, 3.63) is 23.8 Å². The molecule has 0 radical (unpaired) electrons. The summed E-state index contributed by atoms with van der Waals surface area (Å²) in [6.45, 7) is 6.96. The lowest BCUT2D eigenvalue weighted by molar-refractivity contribution is -0.0542. The zero-order valence-corrected chi connectivity index (χ0v) is 12.2. The van der Waals surface area contributed by atoms with Gasteiger partial charge in [0.1, 0.15) is 6.10 Å². The Morgan fingerprint density at radius 3 is 3.35 bits per heavy atom. The van der Waals surface area contributed by atoms with Gasteiger partial charge in [0.25, 0.3) is 0 Å². The van der Waals surface area contributed by atoms with Crippen LogP contribution in [0.25, 0.3) is 0 Å². The Kier molecular flexibility index (Phi) is 4.60. The molecule has 20 heavy (non-hydrogen) atoms. The molecule has 5 heteroatoms. The molecule has 2 unspecified atom stereocenters. The van der Waals surface area contributed by atoms with Gasteiger partial charge in [-0.1, -0.05) is 6.92 Å². The minimum absolute atomic E-state index is 0.0375. The number of fused-ring (bicyclic) bond motifs is 1. The van der Waals surface area contributed by atoms with Crippen molar-refractivity contribution in [1.29, 1.82) is 0 Å². The molecule has 2 aliphatic rings. The predicted octanol–water partition coefficient (Wildman–Crippen LogP) is 1.51. The molecule has 1 N–H and O–H groups in total. The van der Waals surface area contributed by atoms with E-state index in [9.17, 15) is 0 Å². The molecule has 2 saturated heterocycles. The van der Waals surface area contributed by atoms with Crippen LogP contribution in [0.15, 0.2) is 12.3 Å². The average Bonchev–Trinajstić information content (AvgIpc) is 2.95. The molecule has 0 saturated carbocycles. The summed E-state index contributed by atoms with van der Waals surface area (Å²) in [5, 5.41) is 3.38. The van der Waals surface area contributed by atoms with Crippen LogP contribution in [0.1, 0.15) is 43.8 Å². The van der Waals surface area contributed by atoms with Crippen molar-refractivity contribution in [2.45, 2.75) is 44.9 Å². The average molecular weight is 276 g/mol. The lowest BCUT2D eigenvalue weighted by Crippen LogP contribution is -2.42. The monoisotopic (exact) mass is 276 g/mol. The van der Waals surface area contributed by atoms with Gasteiger partial charge in [-0.3, -0.25) is 4.90 Å². The molecule has 110 valence electrons. The Bertz CT molecular complexity index is 440. The molecule has 1 aromatic heterocycles. The Morgan fingerprint density at radius 2 is 2.45 bits per heavy atom. The number of aromatic nitrogens is 2. The van der Waals surface area contributed by atoms with Crippen molar-refractivity contribution in [2.24, 2.45) is 0 Å². The van der Waals surface area contributed by atoms with Gasteiger partial charge >= 0.3 is 0 Å². The first-order valence-electron chi connectivity index (χ1n) is 7.75. The van der Waals surface area contributed by atoms with Crippen molar-refractivity contribution in [3.63, 3.8) is 0 Å². The second-order valence-electron chi connectivity index (χ2n) is 5.70. The van der Waals surface area contributed by atoms with Crippen LogP contribution in [0.4, 0.5) is 0 Å². The van der Waals surface area contributed by atoms with Crippen molar-refractivity contribution >= 4 is 0 Å². The number of hydrogen-bond acceptors (Lipinski definition) is 5. The van der Waals surface area contributed by atoms with E-state index in [2.05, 4.69) is 27.1 Å². The molecule has 0 aliphatic carbocycles. The van der Waals surface area contributed by atoms with Gasteiger partial charge in [-0.05, 0) is 38.4 Å². The van der Waals surface area contributed by atoms with Crippen LogP contribution in [0.5, 0.6) is 0 Å².